The molecule has 2 unspecified atom stereocenters. The van der Waals surface area contributed by atoms with Crippen LogP contribution in [0.15, 0.2) is 24.3 Å². The van der Waals surface area contributed by atoms with E-state index in [1.165, 1.54) is 4.90 Å². The highest BCUT2D eigenvalue weighted by Gasteiger charge is 2.51. The topological polar surface area (TPSA) is 377 Å². The lowest BCUT2D eigenvalue weighted by Gasteiger charge is -2.28. The van der Waals surface area contributed by atoms with E-state index in [2.05, 4.69) is 21.3 Å². The molecule has 512 valence electrons. The summed E-state index contributed by atoms with van der Waals surface area (Å²) in [6, 6.07) is 6.75. The number of nitrogens with zero attached hydrogens (tertiary/aromatic N) is 2. The first-order chi connectivity index (χ1) is 44.2. The number of amides is 8. The maximum Gasteiger partial charge on any atom is 0.250 e. The first-order valence-corrected chi connectivity index (χ1v) is 33.7. The molecule has 0 aromatic heterocycles. The number of thioether (sulfide) groups is 1. The summed E-state index contributed by atoms with van der Waals surface area (Å²) in [6.45, 7) is 5.92. The molecule has 2 atom stereocenters. The van der Waals surface area contributed by atoms with E-state index in [1.54, 1.807) is 45.9 Å². The molecule has 0 aliphatic carbocycles. The first-order valence-electron chi connectivity index (χ1n) is 30.4. The molecule has 0 bridgehead atoms. The third kappa shape index (κ3) is 30.0. The van der Waals surface area contributed by atoms with Gasteiger partial charge in [-0.05, 0) is 44.9 Å². The van der Waals surface area contributed by atoms with E-state index >= 15 is 0 Å². The fourth-order valence-electron chi connectivity index (χ4n) is 9.00. The lowest BCUT2D eigenvalue weighted by Crippen LogP contribution is -2.50. The second kappa shape index (κ2) is 44.6. The SMILES string of the molecule is CC(=O)C(C(C)=O)(C(C)=O)C(=O)CCOCCOCCOCCOCCNC(=O)C(CNC(=O)COCC(=O)Nc1ccc(CCC(=O)N2CCC2=O)cc1)CC(=O)CCSC1CC(=O)N(CCC(=O)NCCOCCOCCOCCOCCC(=O)C2SS2)C1=O. The van der Waals surface area contributed by atoms with E-state index in [1.807, 2.05) is 0 Å². The molecule has 0 spiro atoms. The molecule has 92 heavy (non-hydrogen) atoms. The molecular weight excluding hydrogens is 1270 g/mol. The van der Waals surface area contributed by atoms with Crippen LogP contribution in [-0.4, -0.2) is 259 Å². The van der Waals surface area contributed by atoms with Crippen molar-refractivity contribution in [1.29, 1.82) is 0 Å². The predicted molar refractivity (Wildman–Crippen MR) is 334 cm³/mol. The predicted octanol–water partition coefficient (Wildman–Crippen LogP) is 0.424. The van der Waals surface area contributed by atoms with Gasteiger partial charge in [0.2, 0.25) is 52.7 Å². The minimum atomic E-state index is -2.31. The smallest absolute Gasteiger partial charge is 0.250 e. The van der Waals surface area contributed by atoms with Crippen LogP contribution in [0.2, 0.25) is 0 Å². The number of anilines is 1. The van der Waals surface area contributed by atoms with Gasteiger partial charge in [0.1, 0.15) is 23.6 Å². The number of carbonyl (C=O) groups excluding carboxylic acids is 14. The van der Waals surface area contributed by atoms with E-state index in [9.17, 15) is 67.1 Å². The molecule has 29 nitrogen and oxygen atoms in total. The van der Waals surface area contributed by atoms with Crippen LogP contribution in [0, 0.1) is 11.3 Å². The average molecular weight is 1360 g/mol. The van der Waals surface area contributed by atoms with Gasteiger partial charge in [-0.1, -0.05) is 33.7 Å². The normalized spacial score (nSPS) is 15.0. The lowest BCUT2D eigenvalue weighted by atomic mass is 9.72. The van der Waals surface area contributed by atoms with Crippen LogP contribution in [-0.2, 0) is 116 Å². The maximum absolute atomic E-state index is 13.4. The summed E-state index contributed by atoms with van der Waals surface area (Å²) in [4.78, 5) is 177. The van der Waals surface area contributed by atoms with Gasteiger partial charge in [-0.15, -0.1) is 11.8 Å². The summed E-state index contributed by atoms with van der Waals surface area (Å²) in [7, 11) is 3.13. The number of rotatable bonds is 55. The number of imide groups is 2. The molecule has 1 aromatic rings. The summed E-state index contributed by atoms with van der Waals surface area (Å²) in [5, 5.41) is 9.83. The number of hydrogen-bond donors (Lipinski definition) is 4. The molecule has 3 heterocycles. The molecule has 4 N–H and O–H groups in total. The maximum atomic E-state index is 13.4. The number of ether oxygens (including phenoxy) is 9. The van der Waals surface area contributed by atoms with Gasteiger partial charge >= 0.3 is 0 Å². The van der Waals surface area contributed by atoms with E-state index in [-0.39, 0.29) is 170 Å². The van der Waals surface area contributed by atoms with Gasteiger partial charge in [-0.3, -0.25) is 76.9 Å². The number of ketones is 6. The zero-order valence-corrected chi connectivity index (χ0v) is 54.8. The quantitative estimate of drug-likeness (QED) is 0.0171. The molecule has 0 radical (unpaired) electrons. The van der Waals surface area contributed by atoms with Gasteiger partial charge in [-0.25, -0.2) is 0 Å². The first kappa shape index (κ1) is 78.5. The van der Waals surface area contributed by atoms with E-state index in [4.69, 9.17) is 42.6 Å². The Labute approximate surface area is 546 Å². The van der Waals surface area contributed by atoms with Gasteiger partial charge in [0, 0.05) is 95.5 Å². The molecule has 8 amide bonds. The molecule has 1 aromatic carbocycles. The molecule has 3 aliphatic heterocycles. The average Bonchev–Trinajstić information content (AvgIpc) is 1.24. The Kier molecular flexibility index (Phi) is 38.1. The van der Waals surface area contributed by atoms with Crippen molar-refractivity contribution in [2.75, 3.05) is 163 Å². The largest absolute Gasteiger partial charge is 0.379 e. The molecule has 0 saturated carbocycles. The summed E-state index contributed by atoms with van der Waals surface area (Å²) < 4.78 is 49.0. The van der Waals surface area contributed by atoms with Gasteiger partial charge < -0.3 is 63.9 Å². The fourth-order valence-corrected chi connectivity index (χ4v) is 11.5. The minimum Gasteiger partial charge on any atom is -0.379 e. The van der Waals surface area contributed by atoms with Crippen LogP contribution < -0.4 is 21.3 Å². The van der Waals surface area contributed by atoms with Gasteiger partial charge in [-0.2, -0.15) is 0 Å². The summed E-state index contributed by atoms with van der Waals surface area (Å²) in [5.41, 5.74) is -1.05. The molecule has 32 heteroatoms. The Morgan fingerprint density at radius 1 is 0.576 bits per heavy atom. The van der Waals surface area contributed by atoms with Crippen molar-refractivity contribution in [1.82, 2.24) is 25.8 Å². The van der Waals surface area contributed by atoms with Crippen LogP contribution in [0.3, 0.4) is 0 Å². The van der Waals surface area contributed by atoms with Crippen LogP contribution in [0.4, 0.5) is 5.69 Å². The number of carbonyl (C=O) groups is 14. The molecule has 3 aliphatic rings. The van der Waals surface area contributed by atoms with Gasteiger partial charge in [0.25, 0.3) is 0 Å². The molecule has 3 saturated heterocycles. The monoisotopic (exact) mass is 1350 g/mol. The lowest BCUT2D eigenvalue weighted by molar-refractivity contribution is -0.155. The van der Waals surface area contributed by atoms with Crippen molar-refractivity contribution < 1.29 is 110 Å². The zero-order chi connectivity index (χ0) is 67.1. The number of likely N-dealkylation sites (tertiary alicyclic amines) is 2. The Balaban J connectivity index is 1.10. The fraction of sp³-hybridized carbons (Fsp3) is 0.667. The highest BCUT2D eigenvalue weighted by Crippen LogP contribution is 2.53. The van der Waals surface area contributed by atoms with Crippen LogP contribution in [0.5, 0.6) is 0 Å². The second-order valence-corrected chi connectivity index (χ2v) is 25.1. The summed E-state index contributed by atoms with van der Waals surface area (Å²) in [6.07, 6.45) is 0.425. The summed E-state index contributed by atoms with van der Waals surface area (Å²) >= 11 is 1.11. The van der Waals surface area contributed by atoms with Crippen molar-refractivity contribution in [2.45, 2.75) is 88.4 Å². The minimum absolute atomic E-state index is 0.0329. The molecule has 4 rings (SSSR count). The van der Waals surface area contributed by atoms with Crippen molar-refractivity contribution in [2.24, 2.45) is 11.3 Å². The van der Waals surface area contributed by atoms with Gasteiger partial charge in [0.15, 0.2) is 28.9 Å². The zero-order valence-electron chi connectivity index (χ0n) is 52.4. The number of hydrogen-bond acceptors (Lipinski definition) is 26. The van der Waals surface area contributed by atoms with Crippen molar-refractivity contribution in [3.63, 3.8) is 0 Å². The molecule has 3 fully saturated rings. The number of Topliss-reactive ketones (excluding diaryl/α,β-unsaturated/α-hetero) is 6. The Morgan fingerprint density at radius 2 is 1.10 bits per heavy atom. The van der Waals surface area contributed by atoms with Crippen molar-refractivity contribution >= 4 is 121 Å². The highest BCUT2D eigenvalue weighted by atomic mass is 33.2. The number of aryl methyl sites for hydroxylation is 1. The van der Waals surface area contributed by atoms with E-state index in [0.717, 1.165) is 43.0 Å². The Morgan fingerprint density at radius 3 is 1.62 bits per heavy atom. The number of β-lactam (4-membered cyclic amide) rings is 1. The third-order valence-corrected chi connectivity index (χ3v) is 17.4. The third-order valence-electron chi connectivity index (χ3n) is 14.1. The van der Waals surface area contributed by atoms with Gasteiger partial charge in [0.05, 0.1) is 117 Å². The molecular formula is C60H86N6O23S3. The van der Waals surface area contributed by atoms with E-state index in [0.29, 0.717) is 71.1 Å². The van der Waals surface area contributed by atoms with E-state index < -0.39 is 82.5 Å². The van der Waals surface area contributed by atoms with Crippen molar-refractivity contribution in [3.8, 4) is 0 Å². The Bertz CT molecular complexity index is 2610. The van der Waals surface area contributed by atoms with Crippen molar-refractivity contribution in [3.05, 3.63) is 29.8 Å². The Hall–Kier alpha value is -5.91. The van der Waals surface area contributed by atoms with Crippen LogP contribution in [0.25, 0.3) is 0 Å². The number of benzene rings is 1. The summed E-state index contributed by atoms with van der Waals surface area (Å²) in [5.74, 6) is -7.93. The van der Waals surface area contributed by atoms with Crippen LogP contribution in [0.1, 0.15) is 77.7 Å². The second-order valence-electron chi connectivity index (χ2n) is 21.0. The van der Waals surface area contributed by atoms with Crippen LogP contribution >= 0.6 is 33.3 Å². The number of nitrogens with one attached hydrogen (secondary N) is 4. The highest BCUT2D eigenvalue weighted by molar-refractivity contribution is 8.93. The standard InChI is InChI=1S/C60H86N6O23S3/c1-41(67)60(42(2)68,43(3)69)50(72)13-20-82-24-28-86-32-34-88-30-26-84-22-16-62-57(79)45(38-63-52(74)39-89-40-53(75)64-46-7-4-44(5-8-46)6-9-54(76)65-18-11-55(65)77)36-47(70)14-35-90-49-37-56(78)66(58(49)80)17-10-51(73)61-15-21-83-25-29-87-33-31-85-27-23-81-19-12-48(71)59-91-92-59/h4-5,7-8,45,49,59H,6,9-40H2,1-3H3,(H,61,73)(H,62,79)(H,63,74)(H,64,75).